The average molecular weight is 271 g/mol. The quantitative estimate of drug-likeness (QED) is 0.841. The Hall–Kier alpha value is -0.610. The smallest absolute Gasteiger partial charge is 0.247 e. The van der Waals surface area contributed by atoms with E-state index in [1.807, 2.05) is 24.3 Å². The SMILES string of the molecule is CC1(C)C(N)CC1c1ccc(SCC(F)F)cc1. The Balaban J connectivity index is 2.00. The van der Waals surface area contributed by atoms with Crippen molar-refractivity contribution in [1.82, 2.24) is 0 Å². The molecule has 18 heavy (non-hydrogen) atoms. The van der Waals surface area contributed by atoms with Crippen LogP contribution in [0.2, 0.25) is 0 Å². The highest BCUT2D eigenvalue weighted by atomic mass is 32.2. The maximum atomic E-state index is 12.1. The van der Waals surface area contributed by atoms with Crippen molar-refractivity contribution < 1.29 is 8.78 Å². The highest BCUT2D eigenvalue weighted by Gasteiger charge is 2.46. The molecule has 0 radical (unpaired) electrons. The predicted molar refractivity (Wildman–Crippen MR) is 72.3 cm³/mol. The van der Waals surface area contributed by atoms with E-state index >= 15 is 0 Å². The molecule has 0 amide bonds. The van der Waals surface area contributed by atoms with Crippen molar-refractivity contribution in [3.8, 4) is 0 Å². The monoisotopic (exact) mass is 271 g/mol. The van der Waals surface area contributed by atoms with Gasteiger partial charge in [-0.05, 0) is 35.4 Å². The van der Waals surface area contributed by atoms with Crippen LogP contribution in [0.15, 0.2) is 29.2 Å². The first-order chi connectivity index (χ1) is 8.41. The van der Waals surface area contributed by atoms with Gasteiger partial charge in [0.05, 0.1) is 5.75 Å². The summed E-state index contributed by atoms with van der Waals surface area (Å²) in [6, 6.07) is 8.22. The van der Waals surface area contributed by atoms with Crippen LogP contribution < -0.4 is 5.73 Å². The zero-order valence-corrected chi connectivity index (χ0v) is 11.5. The Labute approximate surface area is 111 Å². The fourth-order valence-corrected chi connectivity index (χ4v) is 3.13. The van der Waals surface area contributed by atoms with Gasteiger partial charge in [-0.15, -0.1) is 11.8 Å². The second-order valence-electron chi connectivity index (χ2n) is 5.49. The van der Waals surface area contributed by atoms with Gasteiger partial charge in [0.15, 0.2) is 0 Å². The fraction of sp³-hybridized carbons (Fsp3) is 0.571. The second kappa shape index (κ2) is 5.17. The minimum Gasteiger partial charge on any atom is -0.327 e. The number of nitrogens with two attached hydrogens (primary N) is 1. The van der Waals surface area contributed by atoms with Crippen LogP contribution in [0.25, 0.3) is 0 Å². The molecule has 2 N–H and O–H groups in total. The largest absolute Gasteiger partial charge is 0.327 e. The van der Waals surface area contributed by atoms with Crippen molar-refractivity contribution in [2.45, 2.75) is 43.5 Å². The van der Waals surface area contributed by atoms with Gasteiger partial charge in [-0.3, -0.25) is 0 Å². The van der Waals surface area contributed by atoms with Crippen LogP contribution in [-0.4, -0.2) is 18.2 Å². The third-order valence-corrected chi connectivity index (χ3v) is 5.03. The maximum Gasteiger partial charge on any atom is 0.247 e. The van der Waals surface area contributed by atoms with Gasteiger partial charge >= 0.3 is 0 Å². The Kier molecular flexibility index (Phi) is 3.97. The van der Waals surface area contributed by atoms with Crippen molar-refractivity contribution in [3.63, 3.8) is 0 Å². The average Bonchev–Trinajstić information content (AvgIpc) is 2.34. The maximum absolute atomic E-state index is 12.1. The Morgan fingerprint density at radius 2 is 1.94 bits per heavy atom. The van der Waals surface area contributed by atoms with E-state index < -0.39 is 6.43 Å². The fourth-order valence-electron chi connectivity index (χ4n) is 2.48. The van der Waals surface area contributed by atoms with E-state index in [1.165, 1.54) is 17.3 Å². The van der Waals surface area contributed by atoms with E-state index in [4.69, 9.17) is 5.73 Å². The molecule has 1 aliphatic rings. The van der Waals surface area contributed by atoms with Crippen molar-refractivity contribution in [2.75, 3.05) is 5.75 Å². The third-order valence-electron chi connectivity index (χ3n) is 4.00. The van der Waals surface area contributed by atoms with Crippen molar-refractivity contribution in [2.24, 2.45) is 11.1 Å². The van der Waals surface area contributed by atoms with E-state index in [0.29, 0.717) is 5.92 Å². The van der Waals surface area contributed by atoms with E-state index in [0.717, 1.165) is 11.3 Å². The summed E-state index contributed by atoms with van der Waals surface area (Å²) in [6.07, 6.45) is -1.24. The highest BCUT2D eigenvalue weighted by molar-refractivity contribution is 7.99. The summed E-state index contributed by atoms with van der Waals surface area (Å²) in [5.41, 5.74) is 7.41. The molecule has 2 unspecified atom stereocenters. The van der Waals surface area contributed by atoms with E-state index in [9.17, 15) is 8.78 Å². The summed E-state index contributed by atoms with van der Waals surface area (Å²) < 4.78 is 24.2. The summed E-state index contributed by atoms with van der Waals surface area (Å²) in [7, 11) is 0. The molecule has 2 atom stereocenters. The molecule has 1 nitrogen and oxygen atoms in total. The normalized spacial score (nSPS) is 26.1. The molecule has 100 valence electrons. The summed E-state index contributed by atoms with van der Waals surface area (Å²) in [5, 5.41) is 0. The first kappa shape index (κ1) is 13.8. The van der Waals surface area contributed by atoms with Gasteiger partial charge in [0.25, 0.3) is 0 Å². The van der Waals surface area contributed by atoms with Gasteiger partial charge in [-0.25, -0.2) is 8.78 Å². The lowest BCUT2D eigenvalue weighted by Gasteiger charge is -2.50. The van der Waals surface area contributed by atoms with Crippen LogP contribution in [0.5, 0.6) is 0 Å². The summed E-state index contributed by atoms with van der Waals surface area (Å²) >= 11 is 1.20. The van der Waals surface area contributed by atoms with Crippen LogP contribution in [0.4, 0.5) is 8.78 Å². The molecule has 0 heterocycles. The van der Waals surface area contributed by atoms with Crippen LogP contribution >= 0.6 is 11.8 Å². The first-order valence-electron chi connectivity index (χ1n) is 6.17. The van der Waals surface area contributed by atoms with Crippen LogP contribution in [0, 0.1) is 5.41 Å². The molecule has 0 aromatic heterocycles. The number of halogens is 2. The molecule has 4 heteroatoms. The van der Waals surface area contributed by atoms with Gasteiger partial charge in [-0.1, -0.05) is 26.0 Å². The number of benzene rings is 1. The molecule has 1 aromatic rings. The number of thioether (sulfide) groups is 1. The minimum atomic E-state index is -2.25. The number of rotatable bonds is 4. The first-order valence-corrected chi connectivity index (χ1v) is 7.16. The third kappa shape index (κ3) is 2.69. The van der Waals surface area contributed by atoms with Crippen LogP contribution in [0.1, 0.15) is 31.7 Å². The zero-order chi connectivity index (χ0) is 13.3. The lowest BCUT2D eigenvalue weighted by Crippen LogP contribution is -2.52. The number of hydrogen-bond donors (Lipinski definition) is 1. The van der Waals surface area contributed by atoms with E-state index in [1.54, 1.807) is 0 Å². The van der Waals surface area contributed by atoms with E-state index in [2.05, 4.69) is 13.8 Å². The molecule has 2 rings (SSSR count). The molecule has 1 saturated carbocycles. The van der Waals surface area contributed by atoms with E-state index in [-0.39, 0.29) is 17.2 Å². The predicted octanol–water partition coefficient (Wildman–Crippen LogP) is 3.88. The highest BCUT2D eigenvalue weighted by Crippen LogP contribution is 2.51. The Morgan fingerprint density at radius 1 is 1.33 bits per heavy atom. The Bertz CT molecular complexity index is 403. The minimum absolute atomic E-state index is 0.137. The number of alkyl halides is 2. The molecule has 0 saturated heterocycles. The van der Waals surface area contributed by atoms with Crippen LogP contribution in [-0.2, 0) is 0 Å². The summed E-state index contributed by atoms with van der Waals surface area (Å²) in [5.74, 6) is 0.348. The molecule has 0 aliphatic heterocycles. The van der Waals surface area contributed by atoms with Gasteiger partial charge < -0.3 is 5.73 Å². The van der Waals surface area contributed by atoms with Crippen molar-refractivity contribution in [3.05, 3.63) is 29.8 Å². The van der Waals surface area contributed by atoms with Gasteiger partial charge in [-0.2, -0.15) is 0 Å². The molecule has 0 bridgehead atoms. The molecule has 1 aliphatic carbocycles. The summed E-state index contributed by atoms with van der Waals surface area (Å²) in [4.78, 5) is 0.903. The molecular weight excluding hydrogens is 252 g/mol. The van der Waals surface area contributed by atoms with Crippen molar-refractivity contribution >= 4 is 11.8 Å². The molecule has 1 aromatic carbocycles. The molecule has 1 fully saturated rings. The standard InChI is InChI=1S/C14H19F2NS/c1-14(2)11(7-12(14)17)9-3-5-10(6-4-9)18-8-13(15)16/h3-6,11-13H,7-8,17H2,1-2H3. The second-order valence-corrected chi connectivity index (χ2v) is 6.58. The lowest BCUT2D eigenvalue weighted by molar-refractivity contribution is 0.0984. The van der Waals surface area contributed by atoms with Crippen molar-refractivity contribution in [1.29, 1.82) is 0 Å². The number of hydrogen-bond acceptors (Lipinski definition) is 2. The van der Waals surface area contributed by atoms with Gasteiger partial charge in [0, 0.05) is 10.9 Å². The van der Waals surface area contributed by atoms with Gasteiger partial charge in [0.2, 0.25) is 6.43 Å². The molecule has 0 spiro atoms. The van der Waals surface area contributed by atoms with Crippen LogP contribution in [0.3, 0.4) is 0 Å². The van der Waals surface area contributed by atoms with Gasteiger partial charge in [0.1, 0.15) is 0 Å². The summed E-state index contributed by atoms with van der Waals surface area (Å²) in [6.45, 7) is 4.37. The topological polar surface area (TPSA) is 26.0 Å². The zero-order valence-electron chi connectivity index (χ0n) is 10.7. The Morgan fingerprint density at radius 3 is 2.39 bits per heavy atom. The molecular formula is C14H19F2NS. The lowest BCUT2D eigenvalue weighted by atomic mass is 9.57.